The molecule has 8 nitrogen and oxygen atoms in total. The summed E-state index contributed by atoms with van der Waals surface area (Å²) in [5.41, 5.74) is 4.36. The third-order valence-corrected chi connectivity index (χ3v) is 6.05. The van der Waals surface area contributed by atoms with Gasteiger partial charge in [-0.1, -0.05) is 24.3 Å². The predicted octanol–water partition coefficient (Wildman–Crippen LogP) is 3.81. The van der Waals surface area contributed by atoms with Gasteiger partial charge in [-0.15, -0.1) is 0 Å². The van der Waals surface area contributed by atoms with Crippen molar-refractivity contribution in [1.29, 1.82) is 0 Å². The first-order chi connectivity index (χ1) is 16.6. The van der Waals surface area contributed by atoms with Gasteiger partial charge in [0, 0.05) is 31.9 Å². The van der Waals surface area contributed by atoms with Gasteiger partial charge in [-0.25, -0.2) is 4.79 Å². The van der Waals surface area contributed by atoms with Crippen LogP contribution in [0.5, 0.6) is 5.75 Å². The first kappa shape index (κ1) is 23.8. The number of aromatic carboxylic acids is 1. The van der Waals surface area contributed by atoms with Gasteiger partial charge in [-0.05, 0) is 68.1 Å². The van der Waals surface area contributed by atoms with Gasteiger partial charge in [0.2, 0.25) is 0 Å². The van der Waals surface area contributed by atoms with Crippen LogP contribution in [0.3, 0.4) is 0 Å². The molecule has 0 saturated carbocycles. The lowest BCUT2D eigenvalue weighted by Gasteiger charge is -2.26. The number of aryl methyl sites for hydroxylation is 1. The van der Waals surface area contributed by atoms with Crippen LogP contribution in [0.15, 0.2) is 48.5 Å². The van der Waals surface area contributed by atoms with E-state index >= 15 is 0 Å². The average molecular weight is 464 g/mol. The van der Waals surface area contributed by atoms with E-state index in [4.69, 9.17) is 4.74 Å². The number of carboxylic acids is 1. The fraction of sp³-hybridized carbons (Fsp3) is 0.385. The normalized spacial score (nSPS) is 14.1. The van der Waals surface area contributed by atoms with Gasteiger partial charge >= 0.3 is 5.97 Å². The third-order valence-electron chi connectivity index (χ3n) is 6.05. The van der Waals surface area contributed by atoms with Crippen LogP contribution in [-0.4, -0.2) is 65.5 Å². The molecule has 1 aromatic heterocycles. The smallest absolute Gasteiger partial charge is 0.358 e. The van der Waals surface area contributed by atoms with Crippen LogP contribution in [0.1, 0.15) is 40.2 Å². The van der Waals surface area contributed by atoms with Gasteiger partial charge in [0.25, 0.3) is 0 Å². The van der Waals surface area contributed by atoms with Crippen LogP contribution < -0.4 is 15.4 Å². The number of rotatable bonds is 11. The van der Waals surface area contributed by atoms with Crippen LogP contribution >= 0.6 is 0 Å². The Morgan fingerprint density at radius 1 is 1.06 bits per heavy atom. The Morgan fingerprint density at radius 3 is 2.41 bits per heavy atom. The molecule has 1 fully saturated rings. The number of piperazine rings is 1. The molecule has 3 aromatic rings. The highest BCUT2D eigenvalue weighted by molar-refractivity contribution is 5.93. The van der Waals surface area contributed by atoms with E-state index in [0.29, 0.717) is 11.4 Å². The van der Waals surface area contributed by atoms with Gasteiger partial charge in [-0.3, -0.25) is 5.10 Å². The standard InChI is InChI=1S/C26H33N5O3/c1-19-24(25(26(32)33)30-29-19)28-22-8-4-20(5-9-22)18-21-6-10-23(11-7-21)34-17-3-2-14-31-15-12-27-13-16-31/h4-11,27-28H,2-3,12-18H2,1H3,(H,29,30)(H,32,33). The zero-order chi connectivity index (χ0) is 23.8. The van der Waals surface area contributed by atoms with Crippen molar-refractivity contribution in [2.45, 2.75) is 26.2 Å². The van der Waals surface area contributed by atoms with Gasteiger partial charge in [-0.2, -0.15) is 5.10 Å². The van der Waals surface area contributed by atoms with E-state index in [0.717, 1.165) is 63.6 Å². The minimum Gasteiger partial charge on any atom is -0.494 e. The Kier molecular flexibility index (Phi) is 8.17. The van der Waals surface area contributed by atoms with E-state index < -0.39 is 5.97 Å². The molecule has 0 amide bonds. The number of aromatic nitrogens is 2. The molecular weight excluding hydrogens is 430 g/mol. The quantitative estimate of drug-likeness (QED) is 0.321. The van der Waals surface area contributed by atoms with Gasteiger partial charge in [0.1, 0.15) is 5.75 Å². The van der Waals surface area contributed by atoms with E-state index in [1.807, 2.05) is 36.4 Å². The molecule has 1 saturated heterocycles. The van der Waals surface area contributed by atoms with E-state index in [-0.39, 0.29) is 5.69 Å². The van der Waals surface area contributed by atoms with Crippen LogP contribution in [-0.2, 0) is 6.42 Å². The lowest BCUT2D eigenvalue weighted by atomic mass is 10.0. The molecule has 34 heavy (non-hydrogen) atoms. The zero-order valence-corrected chi connectivity index (χ0v) is 19.6. The Morgan fingerprint density at radius 2 is 1.74 bits per heavy atom. The molecule has 4 N–H and O–H groups in total. The largest absolute Gasteiger partial charge is 0.494 e. The fourth-order valence-electron chi connectivity index (χ4n) is 4.09. The summed E-state index contributed by atoms with van der Waals surface area (Å²) in [7, 11) is 0. The molecule has 0 spiro atoms. The maximum Gasteiger partial charge on any atom is 0.358 e. The number of anilines is 2. The predicted molar refractivity (Wildman–Crippen MR) is 133 cm³/mol. The monoisotopic (exact) mass is 463 g/mol. The van der Waals surface area contributed by atoms with Crippen molar-refractivity contribution < 1.29 is 14.6 Å². The van der Waals surface area contributed by atoms with E-state index in [2.05, 4.69) is 37.9 Å². The summed E-state index contributed by atoms with van der Waals surface area (Å²) in [6, 6.07) is 16.3. The summed E-state index contributed by atoms with van der Waals surface area (Å²) in [5, 5.41) is 22.4. The average Bonchev–Trinajstić information content (AvgIpc) is 3.22. The van der Waals surface area contributed by atoms with Crippen molar-refractivity contribution >= 4 is 17.3 Å². The molecule has 1 aliphatic rings. The Labute approximate surface area is 200 Å². The van der Waals surface area contributed by atoms with E-state index in [1.165, 1.54) is 17.5 Å². The maximum absolute atomic E-state index is 11.3. The maximum atomic E-state index is 11.3. The lowest BCUT2D eigenvalue weighted by molar-refractivity contribution is 0.0691. The third kappa shape index (κ3) is 6.59. The second kappa shape index (κ2) is 11.7. The van der Waals surface area contributed by atoms with Crippen molar-refractivity contribution in [3.8, 4) is 5.75 Å². The molecule has 1 aliphatic heterocycles. The van der Waals surface area contributed by atoms with Crippen LogP contribution in [0.4, 0.5) is 11.4 Å². The van der Waals surface area contributed by atoms with Crippen molar-refractivity contribution in [2.24, 2.45) is 0 Å². The highest BCUT2D eigenvalue weighted by Gasteiger charge is 2.16. The number of hydrogen-bond donors (Lipinski definition) is 4. The van der Waals surface area contributed by atoms with Crippen molar-refractivity contribution in [1.82, 2.24) is 20.4 Å². The second-order valence-electron chi connectivity index (χ2n) is 8.67. The second-order valence-corrected chi connectivity index (χ2v) is 8.67. The Balaban J connectivity index is 1.22. The first-order valence-corrected chi connectivity index (χ1v) is 11.9. The first-order valence-electron chi connectivity index (χ1n) is 11.9. The summed E-state index contributed by atoms with van der Waals surface area (Å²) >= 11 is 0. The molecule has 8 heteroatoms. The number of nitrogens with zero attached hydrogens (tertiary/aromatic N) is 2. The molecule has 0 unspecified atom stereocenters. The fourth-order valence-corrected chi connectivity index (χ4v) is 4.09. The van der Waals surface area contributed by atoms with Crippen LogP contribution in [0.2, 0.25) is 0 Å². The molecule has 0 bridgehead atoms. The summed E-state index contributed by atoms with van der Waals surface area (Å²) in [4.78, 5) is 13.8. The van der Waals surface area contributed by atoms with Crippen LogP contribution in [0, 0.1) is 6.92 Å². The molecular formula is C26H33N5O3. The van der Waals surface area contributed by atoms with Crippen LogP contribution in [0.25, 0.3) is 0 Å². The van der Waals surface area contributed by atoms with E-state index in [9.17, 15) is 9.90 Å². The van der Waals surface area contributed by atoms with Gasteiger partial charge in [0.05, 0.1) is 18.0 Å². The summed E-state index contributed by atoms with van der Waals surface area (Å²) < 4.78 is 5.91. The van der Waals surface area contributed by atoms with E-state index in [1.54, 1.807) is 6.92 Å². The zero-order valence-electron chi connectivity index (χ0n) is 19.6. The molecule has 2 aromatic carbocycles. The number of carbonyl (C=O) groups is 1. The number of H-pyrrole nitrogens is 1. The Hall–Kier alpha value is -3.36. The van der Waals surface area contributed by atoms with Gasteiger partial charge < -0.3 is 25.4 Å². The van der Waals surface area contributed by atoms with Gasteiger partial charge in [0.15, 0.2) is 5.69 Å². The molecule has 4 rings (SSSR count). The molecule has 0 atom stereocenters. The summed E-state index contributed by atoms with van der Waals surface area (Å²) in [6.45, 7) is 8.19. The molecule has 2 heterocycles. The number of ether oxygens (including phenoxy) is 1. The highest BCUT2D eigenvalue weighted by atomic mass is 16.5. The van der Waals surface area contributed by atoms with Crippen molar-refractivity contribution in [2.75, 3.05) is 44.6 Å². The number of unbranched alkanes of at least 4 members (excludes halogenated alkanes) is 1. The van der Waals surface area contributed by atoms with Crippen molar-refractivity contribution in [3.63, 3.8) is 0 Å². The number of hydrogen-bond acceptors (Lipinski definition) is 6. The number of nitrogens with one attached hydrogen (secondary N) is 3. The topological polar surface area (TPSA) is 103 Å². The SMILES string of the molecule is Cc1[nH]nc(C(=O)O)c1Nc1ccc(Cc2ccc(OCCCCN3CCNCC3)cc2)cc1. The molecule has 0 aliphatic carbocycles. The minimum atomic E-state index is -1.06. The number of benzene rings is 2. The molecule has 180 valence electrons. The minimum absolute atomic E-state index is 0.0107. The summed E-state index contributed by atoms with van der Waals surface area (Å²) in [6.07, 6.45) is 3.05. The Bertz CT molecular complexity index is 1060. The number of carboxylic acid groups (broad SMARTS) is 1. The number of aromatic amines is 1. The lowest BCUT2D eigenvalue weighted by Crippen LogP contribution is -2.43. The molecule has 0 radical (unpaired) electrons. The van der Waals surface area contributed by atoms with Crippen molar-refractivity contribution in [3.05, 3.63) is 71.0 Å². The highest BCUT2D eigenvalue weighted by Crippen LogP contribution is 2.24. The summed E-state index contributed by atoms with van der Waals surface area (Å²) in [5.74, 6) is -0.152.